The third kappa shape index (κ3) is 4.97. The lowest BCUT2D eigenvalue weighted by atomic mass is 10.1. The number of nitrogens with one attached hydrogen (secondary N) is 1. The van der Waals surface area contributed by atoms with Crippen molar-refractivity contribution in [3.63, 3.8) is 0 Å². The maximum absolute atomic E-state index is 11.7. The molecule has 0 bridgehead atoms. The smallest absolute Gasteiger partial charge is 0.269 e. The van der Waals surface area contributed by atoms with E-state index in [0.717, 1.165) is 17.5 Å². The quantitative estimate of drug-likeness (QED) is 0.629. The summed E-state index contributed by atoms with van der Waals surface area (Å²) in [5, 5.41) is 13.4. The number of hydrogen-bond donors (Lipinski definition) is 1. The highest BCUT2D eigenvalue weighted by Gasteiger charge is 2.05. The second-order valence-corrected chi connectivity index (χ2v) is 4.92. The number of benzene rings is 1. The van der Waals surface area contributed by atoms with E-state index in [4.69, 9.17) is 0 Å². The van der Waals surface area contributed by atoms with E-state index in [9.17, 15) is 14.9 Å². The molecule has 1 amide bonds. The number of aromatic nitrogens is 1. The highest BCUT2D eigenvalue weighted by atomic mass is 16.6. The average Bonchev–Trinajstić information content (AvgIpc) is 2.54. The number of nitro groups is 1. The number of carbonyl (C=O) groups excluding carboxylic acids is 1. The van der Waals surface area contributed by atoms with Crippen molar-refractivity contribution in [1.82, 2.24) is 10.3 Å². The van der Waals surface area contributed by atoms with E-state index in [1.165, 1.54) is 12.1 Å². The molecule has 0 unspecified atom stereocenters. The number of carbonyl (C=O) groups is 1. The highest BCUT2D eigenvalue weighted by Crippen LogP contribution is 2.13. The molecule has 0 saturated carbocycles. The van der Waals surface area contributed by atoms with Crippen LogP contribution in [0.2, 0.25) is 0 Å². The van der Waals surface area contributed by atoms with E-state index >= 15 is 0 Å². The molecule has 2 aromatic rings. The monoisotopic (exact) mass is 299 g/mol. The van der Waals surface area contributed by atoms with E-state index < -0.39 is 4.92 Å². The van der Waals surface area contributed by atoms with Gasteiger partial charge >= 0.3 is 0 Å². The van der Waals surface area contributed by atoms with Crippen molar-refractivity contribution in [1.29, 1.82) is 0 Å². The lowest BCUT2D eigenvalue weighted by Crippen LogP contribution is -2.22. The average molecular weight is 299 g/mol. The van der Waals surface area contributed by atoms with Crippen molar-refractivity contribution in [3.8, 4) is 0 Å². The maximum Gasteiger partial charge on any atom is 0.269 e. The molecule has 22 heavy (non-hydrogen) atoms. The first-order valence-corrected chi connectivity index (χ1v) is 7.04. The summed E-state index contributed by atoms with van der Waals surface area (Å²) >= 11 is 0. The van der Waals surface area contributed by atoms with Crippen molar-refractivity contribution < 1.29 is 9.72 Å². The van der Waals surface area contributed by atoms with Gasteiger partial charge in [0.25, 0.3) is 5.69 Å². The predicted octanol–water partition coefficient (Wildman–Crippen LogP) is 2.63. The van der Waals surface area contributed by atoms with E-state index in [-0.39, 0.29) is 11.6 Å². The van der Waals surface area contributed by atoms with Crippen molar-refractivity contribution in [2.75, 3.05) is 0 Å². The SMILES string of the molecule is O=C(CCCc1ccc([N+](=O)[O-])cc1)NCc1cccnc1. The zero-order valence-corrected chi connectivity index (χ0v) is 12.1. The molecule has 0 saturated heterocycles. The van der Waals surface area contributed by atoms with E-state index in [1.807, 2.05) is 12.1 Å². The van der Waals surface area contributed by atoms with E-state index in [1.54, 1.807) is 24.5 Å². The first-order chi connectivity index (χ1) is 10.6. The molecule has 2 rings (SSSR count). The molecule has 0 atom stereocenters. The third-order valence-corrected chi connectivity index (χ3v) is 3.23. The summed E-state index contributed by atoms with van der Waals surface area (Å²) in [7, 11) is 0. The standard InChI is InChI=1S/C16H17N3O3/c20-16(18-12-14-4-2-10-17-11-14)5-1-3-13-6-8-15(9-7-13)19(21)22/h2,4,6-11H,1,3,5,12H2,(H,18,20). The van der Waals surface area contributed by atoms with Gasteiger partial charge in [-0.1, -0.05) is 18.2 Å². The number of nitrogens with zero attached hydrogens (tertiary/aromatic N) is 2. The summed E-state index contributed by atoms with van der Waals surface area (Å²) < 4.78 is 0. The molecular formula is C16H17N3O3. The molecule has 114 valence electrons. The van der Waals surface area contributed by atoms with Crippen LogP contribution in [0.1, 0.15) is 24.0 Å². The minimum atomic E-state index is -0.421. The van der Waals surface area contributed by atoms with Gasteiger partial charge in [0, 0.05) is 37.5 Å². The van der Waals surface area contributed by atoms with Crippen LogP contribution in [-0.2, 0) is 17.8 Å². The Morgan fingerprint density at radius 2 is 1.95 bits per heavy atom. The lowest BCUT2D eigenvalue weighted by molar-refractivity contribution is -0.384. The molecule has 0 aliphatic heterocycles. The van der Waals surface area contributed by atoms with Gasteiger partial charge in [0.1, 0.15) is 0 Å². The van der Waals surface area contributed by atoms with E-state index in [2.05, 4.69) is 10.3 Å². The molecule has 0 fully saturated rings. The Bertz CT molecular complexity index is 627. The first-order valence-electron chi connectivity index (χ1n) is 7.04. The molecule has 0 spiro atoms. The predicted molar refractivity (Wildman–Crippen MR) is 82.1 cm³/mol. The molecule has 0 aliphatic rings. The van der Waals surface area contributed by atoms with Crippen molar-refractivity contribution in [2.24, 2.45) is 0 Å². The number of amides is 1. The van der Waals surface area contributed by atoms with Crippen LogP contribution in [0.4, 0.5) is 5.69 Å². The molecular weight excluding hydrogens is 282 g/mol. The van der Waals surface area contributed by atoms with Gasteiger partial charge in [-0.25, -0.2) is 0 Å². The van der Waals surface area contributed by atoms with Gasteiger partial charge in [-0.05, 0) is 30.0 Å². The Labute approximate surface area is 128 Å². The summed E-state index contributed by atoms with van der Waals surface area (Å²) in [5.41, 5.74) is 2.04. The van der Waals surface area contributed by atoms with Gasteiger partial charge in [-0.2, -0.15) is 0 Å². The van der Waals surface area contributed by atoms with E-state index in [0.29, 0.717) is 19.4 Å². The van der Waals surface area contributed by atoms with Gasteiger partial charge in [0.2, 0.25) is 5.91 Å². The van der Waals surface area contributed by atoms with Crippen LogP contribution in [-0.4, -0.2) is 15.8 Å². The molecule has 1 aromatic heterocycles. The summed E-state index contributed by atoms with van der Waals surface area (Å²) in [6.07, 6.45) is 5.26. The van der Waals surface area contributed by atoms with Crippen LogP contribution in [0.25, 0.3) is 0 Å². The normalized spacial score (nSPS) is 10.2. The zero-order chi connectivity index (χ0) is 15.8. The topological polar surface area (TPSA) is 85.1 Å². The van der Waals surface area contributed by atoms with Gasteiger partial charge in [0.05, 0.1) is 4.92 Å². The minimum absolute atomic E-state index is 0.00855. The number of nitro benzene ring substituents is 1. The third-order valence-electron chi connectivity index (χ3n) is 3.23. The zero-order valence-electron chi connectivity index (χ0n) is 12.1. The van der Waals surface area contributed by atoms with Crippen LogP contribution in [0.5, 0.6) is 0 Å². The Kier molecular flexibility index (Phi) is 5.59. The molecule has 0 radical (unpaired) electrons. The summed E-state index contributed by atoms with van der Waals surface area (Å²) in [4.78, 5) is 25.8. The molecule has 6 nitrogen and oxygen atoms in total. The summed E-state index contributed by atoms with van der Waals surface area (Å²) in [5.74, 6) is -0.00855. The summed E-state index contributed by atoms with van der Waals surface area (Å²) in [6, 6.07) is 10.2. The van der Waals surface area contributed by atoms with Crippen LogP contribution < -0.4 is 5.32 Å². The Morgan fingerprint density at radius 3 is 2.59 bits per heavy atom. The fourth-order valence-corrected chi connectivity index (χ4v) is 2.03. The van der Waals surface area contributed by atoms with Crippen LogP contribution in [0, 0.1) is 10.1 Å². The maximum atomic E-state index is 11.7. The highest BCUT2D eigenvalue weighted by molar-refractivity contribution is 5.75. The number of non-ortho nitro benzene ring substituents is 1. The van der Waals surface area contributed by atoms with Gasteiger partial charge in [0.15, 0.2) is 0 Å². The molecule has 1 aromatic carbocycles. The largest absolute Gasteiger partial charge is 0.352 e. The molecule has 1 heterocycles. The van der Waals surface area contributed by atoms with Crippen molar-refractivity contribution in [3.05, 3.63) is 70.0 Å². The second kappa shape index (κ2) is 7.87. The minimum Gasteiger partial charge on any atom is -0.352 e. The summed E-state index contributed by atoms with van der Waals surface area (Å²) in [6.45, 7) is 0.476. The molecule has 1 N–H and O–H groups in total. The fourth-order valence-electron chi connectivity index (χ4n) is 2.03. The fraction of sp³-hybridized carbons (Fsp3) is 0.250. The number of pyridine rings is 1. The van der Waals surface area contributed by atoms with Crippen LogP contribution >= 0.6 is 0 Å². The number of aryl methyl sites for hydroxylation is 1. The Morgan fingerprint density at radius 1 is 1.18 bits per heavy atom. The second-order valence-electron chi connectivity index (χ2n) is 4.92. The van der Waals surface area contributed by atoms with Crippen LogP contribution in [0.3, 0.4) is 0 Å². The van der Waals surface area contributed by atoms with Gasteiger partial charge < -0.3 is 5.32 Å². The molecule has 6 heteroatoms. The molecule has 0 aliphatic carbocycles. The van der Waals surface area contributed by atoms with Gasteiger partial charge in [-0.3, -0.25) is 19.9 Å². The van der Waals surface area contributed by atoms with Crippen LogP contribution in [0.15, 0.2) is 48.8 Å². The van der Waals surface area contributed by atoms with Gasteiger partial charge in [-0.15, -0.1) is 0 Å². The Balaban J connectivity index is 1.69. The Hall–Kier alpha value is -2.76. The number of hydrogen-bond acceptors (Lipinski definition) is 4. The number of rotatable bonds is 7. The van der Waals surface area contributed by atoms with Crippen molar-refractivity contribution >= 4 is 11.6 Å². The lowest BCUT2D eigenvalue weighted by Gasteiger charge is -2.05. The first kappa shape index (κ1) is 15.6. The van der Waals surface area contributed by atoms with Crippen molar-refractivity contribution in [2.45, 2.75) is 25.8 Å².